The van der Waals surface area contributed by atoms with Gasteiger partial charge < -0.3 is 10.4 Å². The fourth-order valence-corrected chi connectivity index (χ4v) is 2.16. The third-order valence-corrected chi connectivity index (χ3v) is 3.32. The van der Waals surface area contributed by atoms with Crippen molar-refractivity contribution < 1.29 is 9.90 Å². The summed E-state index contributed by atoms with van der Waals surface area (Å²) in [6.07, 6.45) is 4.02. The van der Waals surface area contributed by atoms with Crippen LogP contribution in [0.3, 0.4) is 0 Å². The number of carbonyl (C=O) groups is 1. The Morgan fingerprint density at radius 3 is 2.65 bits per heavy atom. The highest BCUT2D eigenvalue weighted by atomic mass is 16.3. The van der Waals surface area contributed by atoms with Gasteiger partial charge in [0, 0.05) is 24.7 Å². The second-order valence-electron chi connectivity index (χ2n) is 4.96. The SMILES string of the molecule is O=C(Nc1ccc(CCO)cc1)c1cccc(-n2cccn2)n1. The molecule has 3 rings (SSSR count). The summed E-state index contributed by atoms with van der Waals surface area (Å²) < 4.78 is 1.60. The molecule has 0 aliphatic carbocycles. The molecule has 6 heteroatoms. The Balaban J connectivity index is 1.74. The summed E-state index contributed by atoms with van der Waals surface area (Å²) in [6.45, 7) is 0.107. The number of hydrogen-bond acceptors (Lipinski definition) is 4. The van der Waals surface area contributed by atoms with Gasteiger partial charge >= 0.3 is 0 Å². The number of anilines is 1. The Hall–Kier alpha value is -2.99. The van der Waals surface area contributed by atoms with Crippen LogP contribution < -0.4 is 5.32 Å². The molecule has 2 N–H and O–H groups in total. The number of aromatic nitrogens is 3. The summed E-state index contributed by atoms with van der Waals surface area (Å²) in [5, 5.41) is 15.8. The summed E-state index contributed by atoms with van der Waals surface area (Å²) in [5.74, 6) is 0.301. The molecule has 0 saturated heterocycles. The van der Waals surface area contributed by atoms with Crippen LogP contribution in [0.15, 0.2) is 60.9 Å². The van der Waals surface area contributed by atoms with E-state index in [9.17, 15) is 4.79 Å². The van der Waals surface area contributed by atoms with Gasteiger partial charge in [-0.2, -0.15) is 5.10 Å². The lowest BCUT2D eigenvalue weighted by Gasteiger charge is -2.07. The zero-order valence-electron chi connectivity index (χ0n) is 12.4. The van der Waals surface area contributed by atoms with Crippen molar-refractivity contribution in [3.8, 4) is 5.82 Å². The average Bonchev–Trinajstić information content (AvgIpc) is 3.12. The van der Waals surface area contributed by atoms with E-state index in [1.165, 1.54) is 0 Å². The second kappa shape index (κ2) is 6.85. The molecule has 0 bridgehead atoms. The normalized spacial score (nSPS) is 10.5. The van der Waals surface area contributed by atoms with Crippen molar-refractivity contribution in [2.24, 2.45) is 0 Å². The van der Waals surface area contributed by atoms with Crippen LogP contribution in [0.1, 0.15) is 16.1 Å². The predicted octanol–water partition coefficient (Wildman–Crippen LogP) is 2.05. The van der Waals surface area contributed by atoms with Crippen molar-refractivity contribution in [1.29, 1.82) is 0 Å². The van der Waals surface area contributed by atoms with Crippen LogP contribution in [0.4, 0.5) is 5.69 Å². The minimum absolute atomic E-state index is 0.107. The first-order valence-electron chi connectivity index (χ1n) is 7.24. The van der Waals surface area contributed by atoms with Gasteiger partial charge in [0.2, 0.25) is 0 Å². The van der Waals surface area contributed by atoms with Crippen LogP contribution >= 0.6 is 0 Å². The van der Waals surface area contributed by atoms with Crippen LogP contribution in [0.2, 0.25) is 0 Å². The minimum atomic E-state index is -0.283. The monoisotopic (exact) mass is 308 g/mol. The molecule has 116 valence electrons. The average molecular weight is 308 g/mol. The first kappa shape index (κ1) is 14.9. The number of amides is 1. The van der Waals surface area contributed by atoms with Gasteiger partial charge in [-0.1, -0.05) is 18.2 Å². The number of nitrogens with zero attached hydrogens (tertiary/aromatic N) is 3. The summed E-state index contributed by atoms with van der Waals surface area (Å²) in [5.41, 5.74) is 2.02. The van der Waals surface area contributed by atoms with Crippen molar-refractivity contribution in [3.05, 3.63) is 72.2 Å². The van der Waals surface area contributed by atoms with Crippen LogP contribution in [-0.4, -0.2) is 32.4 Å². The van der Waals surface area contributed by atoms with E-state index in [1.54, 1.807) is 53.5 Å². The Labute approximate surface area is 133 Å². The lowest BCUT2D eigenvalue weighted by Crippen LogP contribution is -2.14. The van der Waals surface area contributed by atoms with Crippen LogP contribution in [0.5, 0.6) is 0 Å². The van der Waals surface area contributed by atoms with Crippen molar-refractivity contribution in [2.45, 2.75) is 6.42 Å². The van der Waals surface area contributed by atoms with E-state index in [0.717, 1.165) is 5.56 Å². The van der Waals surface area contributed by atoms with Gasteiger partial charge in [-0.05, 0) is 42.3 Å². The standard InChI is InChI=1S/C17H16N4O2/c22-12-9-13-5-7-14(8-6-13)19-17(23)15-3-1-4-16(20-15)21-11-2-10-18-21/h1-8,10-11,22H,9,12H2,(H,19,23). The number of carbonyl (C=O) groups excluding carboxylic acids is 1. The molecule has 23 heavy (non-hydrogen) atoms. The predicted molar refractivity (Wildman–Crippen MR) is 86.5 cm³/mol. The first-order chi connectivity index (χ1) is 11.3. The van der Waals surface area contributed by atoms with Crippen molar-refractivity contribution >= 4 is 11.6 Å². The van der Waals surface area contributed by atoms with Gasteiger partial charge in [-0.3, -0.25) is 4.79 Å². The maximum Gasteiger partial charge on any atom is 0.274 e. The fourth-order valence-electron chi connectivity index (χ4n) is 2.16. The molecule has 0 unspecified atom stereocenters. The summed E-state index contributed by atoms with van der Waals surface area (Å²) in [6, 6.07) is 14.4. The first-order valence-corrected chi connectivity index (χ1v) is 7.24. The summed E-state index contributed by atoms with van der Waals surface area (Å²) in [4.78, 5) is 16.6. The van der Waals surface area contributed by atoms with E-state index in [1.807, 2.05) is 12.1 Å². The number of aliphatic hydroxyl groups excluding tert-OH is 1. The highest BCUT2D eigenvalue weighted by Crippen LogP contribution is 2.12. The molecule has 1 aromatic carbocycles. The van der Waals surface area contributed by atoms with Gasteiger partial charge in [0.15, 0.2) is 5.82 Å². The maximum absolute atomic E-state index is 12.3. The Bertz CT molecular complexity index is 783. The number of nitrogens with one attached hydrogen (secondary N) is 1. The van der Waals surface area contributed by atoms with Crippen LogP contribution in [-0.2, 0) is 6.42 Å². The van der Waals surface area contributed by atoms with Crippen molar-refractivity contribution in [2.75, 3.05) is 11.9 Å². The third kappa shape index (κ3) is 3.61. The summed E-state index contributed by atoms with van der Waals surface area (Å²) in [7, 11) is 0. The zero-order chi connectivity index (χ0) is 16.1. The van der Waals surface area contributed by atoms with Crippen molar-refractivity contribution in [3.63, 3.8) is 0 Å². The molecule has 0 atom stereocenters. The van der Waals surface area contributed by atoms with Gasteiger partial charge in [0.1, 0.15) is 5.69 Å². The lowest BCUT2D eigenvalue weighted by molar-refractivity contribution is 0.102. The van der Waals surface area contributed by atoms with E-state index in [4.69, 9.17) is 5.11 Å². The zero-order valence-corrected chi connectivity index (χ0v) is 12.4. The maximum atomic E-state index is 12.3. The highest BCUT2D eigenvalue weighted by molar-refractivity contribution is 6.02. The molecular weight excluding hydrogens is 292 g/mol. The smallest absolute Gasteiger partial charge is 0.274 e. The molecule has 0 spiro atoms. The van der Waals surface area contributed by atoms with Gasteiger partial charge in [-0.25, -0.2) is 9.67 Å². The van der Waals surface area contributed by atoms with E-state index in [2.05, 4.69) is 15.4 Å². The lowest BCUT2D eigenvalue weighted by atomic mass is 10.1. The number of benzene rings is 1. The second-order valence-corrected chi connectivity index (χ2v) is 4.96. The van der Waals surface area contributed by atoms with E-state index < -0.39 is 0 Å². The number of pyridine rings is 1. The molecule has 2 aromatic heterocycles. The van der Waals surface area contributed by atoms with Crippen molar-refractivity contribution in [1.82, 2.24) is 14.8 Å². The summed E-state index contributed by atoms with van der Waals surface area (Å²) >= 11 is 0. The molecule has 1 amide bonds. The highest BCUT2D eigenvalue weighted by Gasteiger charge is 2.09. The molecule has 6 nitrogen and oxygen atoms in total. The molecule has 0 fully saturated rings. The third-order valence-electron chi connectivity index (χ3n) is 3.32. The van der Waals surface area contributed by atoms with Gasteiger partial charge in [0.25, 0.3) is 5.91 Å². The number of rotatable bonds is 5. The van der Waals surface area contributed by atoms with Gasteiger partial charge in [-0.15, -0.1) is 0 Å². The Morgan fingerprint density at radius 2 is 1.96 bits per heavy atom. The fraction of sp³-hybridized carbons (Fsp3) is 0.118. The molecule has 2 heterocycles. The molecule has 0 aliphatic heterocycles. The van der Waals surface area contributed by atoms with E-state index in [0.29, 0.717) is 23.6 Å². The molecule has 0 radical (unpaired) electrons. The number of hydrogen-bond donors (Lipinski definition) is 2. The largest absolute Gasteiger partial charge is 0.396 e. The topological polar surface area (TPSA) is 80.0 Å². The van der Waals surface area contributed by atoms with Gasteiger partial charge in [0.05, 0.1) is 0 Å². The molecule has 0 aliphatic rings. The molecular formula is C17H16N4O2. The number of aliphatic hydroxyl groups is 1. The quantitative estimate of drug-likeness (QED) is 0.756. The molecule has 3 aromatic rings. The van der Waals surface area contributed by atoms with E-state index in [-0.39, 0.29) is 12.5 Å². The Kier molecular flexibility index (Phi) is 4.44. The minimum Gasteiger partial charge on any atom is -0.396 e. The Morgan fingerprint density at radius 1 is 1.13 bits per heavy atom. The van der Waals surface area contributed by atoms with Crippen LogP contribution in [0, 0.1) is 0 Å². The van der Waals surface area contributed by atoms with Crippen LogP contribution in [0.25, 0.3) is 5.82 Å². The molecule has 0 saturated carbocycles. The van der Waals surface area contributed by atoms with E-state index >= 15 is 0 Å².